The van der Waals surface area contributed by atoms with Crippen LogP contribution >= 0.6 is 22.6 Å². The average molecular weight is 604 g/mol. The molecule has 0 radical (unpaired) electrons. The van der Waals surface area contributed by atoms with Gasteiger partial charge in [-0.2, -0.15) is 18.4 Å². The summed E-state index contributed by atoms with van der Waals surface area (Å²) in [6, 6.07) is 6.09. The zero-order chi connectivity index (χ0) is 25.4. The van der Waals surface area contributed by atoms with Crippen LogP contribution in [0.15, 0.2) is 18.2 Å². The number of nitrogens with zero attached hydrogens (tertiary/aromatic N) is 3. The fourth-order valence-electron chi connectivity index (χ4n) is 5.30. The summed E-state index contributed by atoms with van der Waals surface area (Å²) in [4.78, 5) is 16.7. The molecule has 194 valence electrons. The molecule has 35 heavy (non-hydrogen) atoms. The van der Waals surface area contributed by atoms with E-state index in [0.717, 1.165) is 64.8 Å². The van der Waals surface area contributed by atoms with Crippen molar-refractivity contribution in [2.45, 2.75) is 68.0 Å². The van der Waals surface area contributed by atoms with Crippen molar-refractivity contribution in [1.82, 2.24) is 4.90 Å². The third kappa shape index (κ3) is 8.32. The Bertz CT molecular complexity index is 872. The topological polar surface area (TPSA) is 73.4 Å². The lowest BCUT2D eigenvalue weighted by Crippen LogP contribution is -2.47. The van der Waals surface area contributed by atoms with Crippen LogP contribution in [0.5, 0.6) is 0 Å². The molecular formula is C26H36F3IN4O. The highest BCUT2D eigenvalue weighted by Crippen LogP contribution is 2.35. The molecular weight excluding hydrogens is 568 g/mol. The summed E-state index contributed by atoms with van der Waals surface area (Å²) in [7, 11) is 0. The molecule has 1 unspecified atom stereocenters. The minimum atomic E-state index is -4.33. The van der Waals surface area contributed by atoms with Crippen LogP contribution in [-0.2, 0) is 15.4 Å². The van der Waals surface area contributed by atoms with Gasteiger partial charge in [0, 0.05) is 49.1 Å². The van der Waals surface area contributed by atoms with Crippen molar-refractivity contribution in [2.75, 3.05) is 37.6 Å². The largest absolute Gasteiger partial charge is 0.416 e. The quantitative estimate of drug-likeness (QED) is 0.216. The number of carbonyl (C=O) groups excluding carboxylic acids is 1. The van der Waals surface area contributed by atoms with Gasteiger partial charge >= 0.3 is 6.18 Å². The van der Waals surface area contributed by atoms with Crippen LogP contribution in [0.25, 0.3) is 0 Å². The molecule has 0 aromatic heterocycles. The molecule has 1 saturated carbocycles. The van der Waals surface area contributed by atoms with Crippen LogP contribution in [0.1, 0.15) is 62.5 Å². The molecule has 2 aliphatic rings. The molecule has 9 heteroatoms. The fourth-order valence-corrected chi connectivity index (χ4v) is 5.74. The van der Waals surface area contributed by atoms with E-state index in [0.29, 0.717) is 40.9 Å². The second-order valence-corrected chi connectivity index (χ2v) is 10.7. The Morgan fingerprint density at radius 3 is 2.43 bits per heavy atom. The van der Waals surface area contributed by atoms with Crippen LogP contribution in [0.4, 0.5) is 18.9 Å². The summed E-state index contributed by atoms with van der Waals surface area (Å²) in [5, 5.41) is 8.63. The number of rotatable bonds is 10. The summed E-state index contributed by atoms with van der Waals surface area (Å²) in [6.07, 6.45) is 2.33. The maximum Gasteiger partial charge on any atom is 0.416 e. The van der Waals surface area contributed by atoms with E-state index in [1.165, 1.54) is 12.1 Å². The van der Waals surface area contributed by atoms with Gasteiger partial charge in [-0.3, -0.25) is 9.69 Å². The molecule has 1 aromatic rings. The third-order valence-corrected chi connectivity index (χ3v) is 8.41. The van der Waals surface area contributed by atoms with E-state index in [-0.39, 0.29) is 11.7 Å². The predicted octanol–water partition coefficient (Wildman–Crippen LogP) is 5.55. The lowest BCUT2D eigenvalue weighted by molar-refractivity contribution is -0.137. The van der Waals surface area contributed by atoms with Gasteiger partial charge < -0.3 is 10.6 Å². The highest BCUT2D eigenvalue weighted by molar-refractivity contribution is 14.1. The van der Waals surface area contributed by atoms with Gasteiger partial charge in [-0.25, -0.2) is 0 Å². The molecule has 1 aliphatic carbocycles. The number of piperazine rings is 1. The molecule has 1 atom stereocenters. The molecule has 2 fully saturated rings. The molecule has 1 aliphatic heterocycles. The SMILES string of the molecule is N#CCCCC(=O)C(N)C1CCC(CCN2CCN(c3cc(CI)cc(C(F)(F)F)c3)CC2)CC1. The van der Waals surface area contributed by atoms with E-state index >= 15 is 0 Å². The Kier molecular flexibility index (Phi) is 10.7. The van der Waals surface area contributed by atoms with E-state index in [2.05, 4.69) is 38.5 Å². The maximum absolute atomic E-state index is 13.3. The van der Waals surface area contributed by atoms with Crippen LogP contribution in [0.3, 0.4) is 0 Å². The minimum Gasteiger partial charge on any atom is -0.369 e. The van der Waals surface area contributed by atoms with E-state index in [9.17, 15) is 18.0 Å². The number of unbranched alkanes of at least 4 members (excludes halogenated alkanes) is 1. The summed E-state index contributed by atoms with van der Waals surface area (Å²) in [5.74, 6) is 0.983. The van der Waals surface area contributed by atoms with Gasteiger partial charge in [0.1, 0.15) is 5.78 Å². The Morgan fingerprint density at radius 1 is 1.14 bits per heavy atom. The van der Waals surface area contributed by atoms with Crippen molar-refractivity contribution in [2.24, 2.45) is 17.6 Å². The van der Waals surface area contributed by atoms with E-state index in [1.807, 2.05) is 6.07 Å². The zero-order valence-electron chi connectivity index (χ0n) is 20.2. The van der Waals surface area contributed by atoms with Gasteiger partial charge in [-0.15, -0.1) is 0 Å². The summed E-state index contributed by atoms with van der Waals surface area (Å²) < 4.78 is 40.4. The number of alkyl halides is 4. The lowest BCUT2D eigenvalue weighted by Gasteiger charge is -2.38. The van der Waals surface area contributed by atoms with Crippen molar-refractivity contribution >= 4 is 34.1 Å². The second-order valence-electron chi connectivity index (χ2n) is 9.92. The molecule has 0 spiro atoms. The number of hydrogen-bond donors (Lipinski definition) is 1. The summed E-state index contributed by atoms with van der Waals surface area (Å²) >= 11 is 2.11. The average Bonchev–Trinajstić information content (AvgIpc) is 2.87. The van der Waals surface area contributed by atoms with Gasteiger partial charge in [-0.1, -0.05) is 35.4 Å². The highest BCUT2D eigenvalue weighted by atomic mass is 127. The second kappa shape index (κ2) is 13.2. The van der Waals surface area contributed by atoms with Crippen LogP contribution in [0, 0.1) is 23.2 Å². The third-order valence-electron chi connectivity index (χ3n) is 7.53. The number of halogens is 4. The monoisotopic (exact) mass is 604 g/mol. The van der Waals surface area contributed by atoms with Gasteiger partial charge in [0.2, 0.25) is 0 Å². The van der Waals surface area contributed by atoms with Crippen molar-refractivity contribution < 1.29 is 18.0 Å². The number of benzene rings is 1. The number of carbonyl (C=O) groups is 1. The first kappa shape index (κ1) is 28.2. The van der Waals surface area contributed by atoms with Crippen molar-refractivity contribution in [3.8, 4) is 6.07 Å². The summed E-state index contributed by atoms with van der Waals surface area (Å²) in [5.41, 5.74) is 7.02. The first-order valence-corrected chi connectivity index (χ1v) is 14.1. The van der Waals surface area contributed by atoms with E-state index in [1.54, 1.807) is 0 Å². The van der Waals surface area contributed by atoms with Crippen LogP contribution in [0.2, 0.25) is 0 Å². The zero-order valence-corrected chi connectivity index (χ0v) is 22.4. The Labute approximate surface area is 220 Å². The lowest BCUT2D eigenvalue weighted by atomic mass is 9.76. The Balaban J connectivity index is 1.40. The maximum atomic E-state index is 13.3. The molecule has 0 bridgehead atoms. The molecule has 2 N–H and O–H groups in total. The molecule has 0 amide bonds. The fraction of sp³-hybridized carbons (Fsp3) is 0.692. The molecule has 3 rings (SSSR count). The predicted molar refractivity (Wildman–Crippen MR) is 140 cm³/mol. The number of nitriles is 1. The van der Waals surface area contributed by atoms with E-state index < -0.39 is 17.8 Å². The number of nitrogens with two attached hydrogens (primary N) is 1. The normalized spacial score (nSPS) is 22.6. The molecule has 1 heterocycles. The number of ketones is 1. The highest BCUT2D eigenvalue weighted by Gasteiger charge is 2.32. The van der Waals surface area contributed by atoms with Crippen molar-refractivity contribution in [3.05, 3.63) is 29.3 Å². The van der Waals surface area contributed by atoms with Crippen molar-refractivity contribution in [1.29, 1.82) is 5.26 Å². The Hall–Kier alpha value is -1.38. The number of hydrogen-bond acceptors (Lipinski definition) is 5. The first-order valence-electron chi connectivity index (χ1n) is 12.6. The summed E-state index contributed by atoms with van der Waals surface area (Å²) in [6.45, 7) is 4.18. The molecule has 5 nitrogen and oxygen atoms in total. The molecule has 1 aromatic carbocycles. The van der Waals surface area contributed by atoms with Crippen molar-refractivity contribution in [3.63, 3.8) is 0 Å². The first-order chi connectivity index (χ1) is 16.7. The van der Waals surface area contributed by atoms with Gasteiger partial charge in [0.05, 0.1) is 17.7 Å². The number of anilines is 1. The van der Waals surface area contributed by atoms with Gasteiger partial charge in [-0.05, 0) is 67.8 Å². The standard InChI is InChI=1S/C26H36F3IN4O/c27-26(28,29)22-15-20(18-30)16-23(17-22)34-13-11-33(12-14-34)10-8-19-4-6-21(7-5-19)25(32)24(35)3-1-2-9-31/h15-17,19,21,25H,1-8,10-14,18,32H2. The molecule has 1 saturated heterocycles. The van der Waals surface area contributed by atoms with Crippen LogP contribution in [-0.4, -0.2) is 49.4 Å². The Morgan fingerprint density at radius 2 is 1.83 bits per heavy atom. The van der Waals surface area contributed by atoms with E-state index in [4.69, 9.17) is 11.0 Å². The van der Waals surface area contributed by atoms with Gasteiger partial charge in [0.15, 0.2) is 0 Å². The van der Waals surface area contributed by atoms with Crippen LogP contribution < -0.4 is 10.6 Å². The smallest absolute Gasteiger partial charge is 0.369 e. The minimum absolute atomic E-state index is 0.0907. The van der Waals surface area contributed by atoms with Gasteiger partial charge in [0.25, 0.3) is 0 Å². The number of Topliss-reactive ketones (excluding diaryl/α,β-unsaturated/α-hetero) is 1.